The standard InChI is InChI=1S/C18H22N4O3S/c1-4-22(5-2)12-14-8-6-7-13(9-14)11-19-21-18-20-17(24)15(26-18)10-16(23)25-3/h6-11H,4-5,12H2,1-3H3,(H,20,21,24)/b15-10+,19-11?. The lowest BCUT2D eigenvalue weighted by Crippen LogP contribution is -2.22. The number of carbonyl (C=O) groups excluding carboxylic acids is 2. The molecule has 1 saturated heterocycles. The summed E-state index contributed by atoms with van der Waals surface area (Å²) in [5.41, 5.74) is 2.14. The fourth-order valence-corrected chi connectivity index (χ4v) is 3.01. The zero-order valence-electron chi connectivity index (χ0n) is 15.1. The first-order valence-electron chi connectivity index (χ1n) is 8.26. The lowest BCUT2D eigenvalue weighted by atomic mass is 10.1. The molecule has 0 spiro atoms. The molecule has 0 aliphatic carbocycles. The fraction of sp³-hybridized carbons (Fsp3) is 0.333. The highest BCUT2D eigenvalue weighted by atomic mass is 32.2. The Kier molecular flexibility index (Phi) is 7.55. The van der Waals surface area contributed by atoms with Gasteiger partial charge in [0.15, 0.2) is 5.17 Å². The third-order valence-electron chi connectivity index (χ3n) is 3.71. The summed E-state index contributed by atoms with van der Waals surface area (Å²) in [5.74, 6) is -0.979. The van der Waals surface area contributed by atoms with Gasteiger partial charge < -0.3 is 4.74 Å². The second kappa shape index (κ2) is 9.88. The van der Waals surface area contributed by atoms with Crippen LogP contribution >= 0.6 is 11.8 Å². The maximum atomic E-state index is 11.7. The zero-order valence-corrected chi connectivity index (χ0v) is 15.9. The Labute approximate surface area is 157 Å². The van der Waals surface area contributed by atoms with Crippen LogP contribution in [0.2, 0.25) is 0 Å². The third-order valence-corrected chi connectivity index (χ3v) is 4.61. The topological polar surface area (TPSA) is 83.4 Å². The molecule has 0 saturated carbocycles. The van der Waals surface area contributed by atoms with Crippen molar-refractivity contribution in [2.45, 2.75) is 20.4 Å². The molecule has 0 bridgehead atoms. The summed E-state index contributed by atoms with van der Waals surface area (Å²) >= 11 is 1.04. The summed E-state index contributed by atoms with van der Waals surface area (Å²) in [5, 5.41) is 10.9. The molecule has 0 radical (unpaired) electrons. The van der Waals surface area contributed by atoms with Crippen molar-refractivity contribution in [1.29, 1.82) is 0 Å². The molecule has 8 heteroatoms. The average molecular weight is 374 g/mol. The van der Waals surface area contributed by atoms with Crippen molar-refractivity contribution in [3.8, 4) is 0 Å². The molecule has 0 atom stereocenters. The summed E-state index contributed by atoms with van der Waals surface area (Å²) < 4.78 is 4.51. The molecule has 1 heterocycles. The first-order chi connectivity index (χ1) is 12.5. The van der Waals surface area contributed by atoms with Crippen LogP contribution in [0.5, 0.6) is 0 Å². The van der Waals surface area contributed by atoms with E-state index in [9.17, 15) is 9.59 Å². The van der Waals surface area contributed by atoms with Crippen LogP contribution in [0, 0.1) is 0 Å². The number of methoxy groups -OCH3 is 1. The summed E-state index contributed by atoms with van der Waals surface area (Å²) in [6.45, 7) is 7.17. The second-order valence-electron chi connectivity index (χ2n) is 5.44. The third kappa shape index (κ3) is 5.82. The van der Waals surface area contributed by atoms with Crippen LogP contribution in [-0.4, -0.2) is 48.4 Å². The number of nitrogens with one attached hydrogen (secondary N) is 1. The van der Waals surface area contributed by atoms with Crippen LogP contribution in [0.15, 0.2) is 45.4 Å². The van der Waals surface area contributed by atoms with E-state index in [0.29, 0.717) is 5.17 Å². The van der Waals surface area contributed by atoms with Crippen molar-refractivity contribution >= 4 is 35.0 Å². The van der Waals surface area contributed by atoms with Gasteiger partial charge in [0.2, 0.25) is 0 Å². The lowest BCUT2D eigenvalue weighted by Gasteiger charge is -2.17. The van der Waals surface area contributed by atoms with Crippen molar-refractivity contribution in [2.24, 2.45) is 10.2 Å². The van der Waals surface area contributed by atoms with Gasteiger partial charge in [-0.2, -0.15) is 5.10 Å². The molecule has 0 aromatic heterocycles. The highest BCUT2D eigenvalue weighted by molar-refractivity contribution is 8.18. The van der Waals surface area contributed by atoms with E-state index in [1.54, 1.807) is 6.21 Å². The maximum absolute atomic E-state index is 11.7. The highest BCUT2D eigenvalue weighted by Crippen LogP contribution is 2.23. The fourth-order valence-electron chi connectivity index (χ4n) is 2.27. The average Bonchev–Trinajstić information content (AvgIpc) is 2.99. The Morgan fingerprint density at radius 1 is 1.35 bits per heavy atom. The normalized spacial score (nSPS) is 17.5. The van der Waals surface area contributed by atoms with E-state index in [0.717, 1.165) is 43.0 Å². The molecule has 0 unspecified atom stereocenters. The van der Waals surface area contributed by atoms with Crippen LogP contribution in [0.1, 0.15) is 25.0 Å². The molecule has 1 aromatic rings. The molecule has 1 fully saturated rings. The molecule has 26 heavy (non-hydrogen) atoms. The molecular weight excluding hydrogens is 352 g/mol. The van der Waals surface area contributed by atoms with E-state index in [1.807, 2.05) is 12.1 Å². The van der Waals surface area contributed by atoms with E-state index in [2.05, 4.69) is 51.1 Å². The SMILES string of the molecule is CCN(CC)Cc1cccc(C=N/N=C2/NC(=O)/C(=C\C(=O)OC)S2)c1. The second-order valence-corrected chi connectivity index (χ2v) is 6.47. The first kappa shape index (κ1) is 19.9. The van der Waals surface area contributed by atoms with Crippen molar-refractivity contribution in [3.05, 3.63) is 46.4 Å². The number of esters is 1. The van der Waals surface area contributed by atoms with Gasteiger partial charge >= 0.3 is 5.97 Å². The summed E-state index contributed by atoms with van der Waals surface area (Å²) in [6.07, 6.45) is 2.76. The lowest BCUT2D eigenvalue weighted by molar-refractivity contribution is -0.135. The van der Waals surface area contributed by atoms with Crippen LogP contribution < -0.4 is 5.32 Å². The van der Waals surface area contributed by atoms with Gasteiger partial charge in [0, 0.05) is 12.6 Å². The number of amidine groups is 1. The molecule has 1 aliphatic heterocycles. The Morgan fingerprint density at radius 2 is 2.12 bits per heavy atom. The number of hydrogen-bond donors (Lipinski definition) is 1. The van der Waals surface area contributed by atoms with Crippen molar-refractivity contribution in [1.82, 2.24) is 10.2 Å². The summed E-state index contributed by atoms with van der Waals surface area (Å²) in [7, 11) is 1.25. The number of nitrogens with zero attached hydrogens (tertiary/aromatic N) is 3. The molecule has 2 rings (SSSR count). The number of hydrogen-bond acceptors (Lipinski definition) is 7. The van der Waals surface area contributed by atoms with Gasteiger partial charge in [-0.05, 0) is 42.0 Å². The number of ether oxygens (including phenoxy) is 1. The van der Waals surface area contributed by atoms with Crippen LogP contribution in [0.25, 0.3) is 0 Å². The zero-order chi connectivity index (χ0) is 18.9. The van der Waals surface area contributed by atoms with Crippen molar-refractivity contribution in [2.75, 3.05) is 20.2 Å². The van der Waals surface area contributed by atoms with Gasteiger partial charge in [0.25, 0.3) is 5.91 Å². The monoisotopic (exact) mass is 374 g/mol. The van der Waals surface area contributed by atoms with E-state index in [4.69, 9.17) is 0 Å². The predicted octanol–water partition coefficient (Wildman–Crippen LogP) is 2.14. The molecule has 1 aliphatic rings. The van der Waals surface area contributed by atoms with Gasteiger partial charge in [-0.1, -0.05) is 32.0 Å². The highest BCUT2D eigenvalue weighted by Gasteiger charge is 2.24. The smallest absolute Gasteiger partial charge is 0.331 e. The van der Waals surface area contributed by atoms with E-state index < -0.39 is 11.9 Å². The van der Waals surface area contributed by atoms with Crippen LogP contribution in [0.3, 0.4) is 0 Å². The minimum absolute atomic E-state index is 0.229. The van der Waals surface area contributed by atoms with Crippen LogP contribution in [-0.2, 0) is 20.9 Å². The van der Waals surface area contributed by atoms with Gasteiger partial charge in [-0.25, -0.2) is 4.79 Å². The van der Waals surface area contributed by atoms with Gasteiger partial charge in [-0.15, -0.1) is 5.10 Å². The minimum atomic E-state index is -0.586. The Morgan fingerprint density at radius 3 is 2.81 bits per heavy atom. The number of thioether (sulfide) groups is 1. The van der Waals surface area contributed by atoms with Gasteiger partial charge in [0.1, 0.15) is 0 Å². The van der Waals surface area contributed by atoms with E-state index >= 15 is 0 Å². The minimum Gasteiger partial charge on any atom is -0.466 e. The number of rotatable bonds is 7. The summed E-state index contributed by atoms with van der Waals surface area (Å²) in [6, 6.07) is 8.07. The molecule has 7 nitrogen and oxygen atoms in total. The van der Waals surface area contributed by atoms with Crippen LogP contribution in [0.4, 0.5) is 0 Å². The maximum Gasteiger partial charge on any atom is 0.331 e. The first-order valence-corrected chi connectivity index (χ1v) is 9.08. The Bertz CT molecular complexity index is 755. The Hall–Kier alpha value is -2.45. The summed E-state index contributed by atoms with van der Waals surface area (Å²) in [4.78, 5) is 25.5. The quantitative estimate of drug-likeness (QED) is 0.342. The van der Waals surface area contributed by atoms with E-state index in [1.165, 1.54) is 12.7 Å². The molecular formula is C18H22N4O3S. The molecule has 1 N–H and O–H groups in total. The van der Waals surface area contributed by atoms with Gasteiger partial charge in [-0.3, -0.25) is 15.0 Å². The van der Waals surface area contributed by atoms with E-state index in [-0.39, 0.29) is 4.91 Å². The Balaban J connectivity index is 2.02. The number of amides is 1. The molecule has 138 valence electrons. The van der Waals surface area contributed by atoms with Gasteiger partial charge in [0.05, 0.1) is 18.2 Å². The molecule has 1 amide bonds. The van der Waals surface area contributed by atoms with Crippen molar-refractivity contribution < 1.29 is 14.3 Å². The predicted molar refractivity (Wildman–Crippen MR) is 104 cm³/mol. The van der Waals surface area contributed by atoms with Crippen molar-refractivity contribution in [3.63, 3.8) is 0 Å². The number of carbonyl (C=O) groups is 2. The number of benzene rings is 1. The molecule has 1 aromatic carbocycles. The largest absolute Gasteiger partial charge is 0.466 e.